The summed E-state index contributed by atoms with van der Waals surface area (Å²) in [7, 11) is 0. The van der Waals surface area contributed by atoms with Crippen molar-refractivity contribution >= 4 is 16.9 Å². The van der Waals surface area contributed by atoms with Crippen LogP contribution in [-0.2, 0) is 6.54 Å². The molecule has 0 amide bonds. The molecule has 0 saturated heterocycles. The second-order valence-corrected chi connectivity index (χ2v) is 5.74. The van der Waals surface area contributed by atoms with Gasteiger partial charge in [0.05, 0.1) is 11.6 Å². The predicted molar refractivity (Wildman–Crippen MR) is 88.6 cm³/mol. The number of benzene rings is 2. The Morgan fingerprint density at radius 2 is 1.96 bits per heavy atom. The Hall–Kier alpha value is -3.06. The lowest BCUT2D eigenvalue weighted by atomic mass is 10.1. The first-order valence-electron chi connectivity index (χ1n) is 7.32. The Kier molecular flexibility index (Phi) is 3.63. The van der Waals surface area contributed by atoms with Gasteiger partial charge >= 0.3 is 5.97 Å². The zero-order valence-corrected chi connectivity index (χ0v) is 13.0. The highest BCUT2D eigenvalue weighted by Gasteiger charge is 2.16. The minimum absolute atomic E-state index is 0.232. The number of fused-ring (bicyclic) bond motifs is 1. The molecular formula is C19H16N2O2. The zero-order valence-electron chi connectivity index (χ0n) is 13.0. The molecule has 1 N–H and O–H groups in total. The zero-order chi connectivity index (χ0) is 16.6. The van der Waals surface area contributed by atoms with E-state index >= 15 is 0 Å². The van der Waals surface area contributed by atoms with Crippen molar-refractivity contribution < 1.29 is 9.90 Å². The van der Waals surface area contributed by atoms with Gasteiger partial charge in [-0.15, -0.1) is 0 Å². The number of hydrogen-bond donors (Lipinski definition) is 1. The van der Waals surface area contributed by atoms with E-state index in [1.54, 1.807) is 22.8 Å². The van der Waals surface area contributed by atoms with Crippen LogP contribution in [0.15, 0.2) is 42.5 Å². The number of hydrogen-bond acceptors (Lipinski definition) is 2. The molecule has 3 aromatic rings. The monoisotopic (exact) mass is 304 g/mol. The first-order chi connectivity index (χ1) is 11.0. The Morgan fingerprint density at radius 3 is 2.65 bits per heavy atom. The number of rotatable bonds is 3. The average Bonchev–Trinajstić information content (AvgIpc) is 2.89. The van der Waals surface area contributed by atoms with Crippen molar-refractivity contribution in [2.24, 2.45) is 0 Å². The van der Waals surface area contributed by atoms with Crippen molar-refractivity contribution in [3.05, 3.63) is 70.4 Å². The number of nitrogens with zero attached hydrogens (tertiary/aromatic N) is 2. The highest BCUT2D eigenvalue weighted by molar-refractivity contribution is 5.95. The quantitative estimate of drug-likeness (QED) is 0.798. The van der Waals surface area contributed by atoms with Crippen LogP contribution >= 0.6 is 0 Å². The van der Waals surface area contributed by atoms with Gasteiger partial charge in [0.25, 0.3) is 0 Å². The van der Waals surface area contributed by atoms with Crippen molar-refractivity contribution in [3.63, 3.8) is 0 Å². The third-order valence-electron chi connectivity index (χ3n) is 4.08. The van der Waals surface area contributed by atoms with Gasteiger partial charge in [-0.2, -0.15) is 5.26 Å². The molecule has 0 fully saturated rings. The molecule has 23 heavy (non-hydrogen) atoms. The average molecular weight is 304 g/mol. The summed E-state index contributed by atoms with van der Waals surface area (Å²) < 4.78 is 1.79. The molecule has 4 heteroatoms. The van der Waals surface area contributed by atoms with Crippen LogP contribution in [0.2, 0.25) is 0 Å². The summed E-state index contributed by atoms with van der Waals surface area (Å²) in [5, 5.41) is 19.3. The van der Waals surface area contributed by atoms with Gasteiger partial charge in [-0.05, 0) is 49.2 Å². The highest BCUT2D eigenvalue weighted by atomic mass is 16.4. The summed E-state index contributed by atoms with van der Waals surface area (Å²) in [6.45, 7) is 4.53. The minimum Gasteiger partial charge on any atom is -0.477 e. The van der Waals surface area contributed by atoms with Crippen molar-refractivity contribution in [2.75, 3.05) is 0 Å². The Bertz CT molecular complexity index is 961. The Morgan fingerprint density at radius 1 is 1.17 bits per heavy atom. The molecule has 114 valence electrons. The van der Waals surface area contributed by atoms with E-state index in [0.29, 0.717) is 12.1 Å². The van der Waals surface area contributed by atoms with E-state index in [0.717, 1.165) is 27.6 Å². The molecule has 2 aromatic carbocycles. The summed E-state index contributed by atoms with van der Waals surface area (Å²) in [6, 6.07) is 15.1. The normalized spacial score (nSPS) is 10.7. The maximum atomic E-state index is 11.6. The fraction of sp³-hybridized carbons (Fsp3) is 0.158. The summed E-state index contributed by atoms with van der Waals surface area (Å²) in [4.78, 5) is 11.6. The number of carbonyl (C=O) groups is 1. The van der Waals surface area contributed by atoms with E-state index in [4.69, 9.17) is 5.26 Å². The molecule has 4 nitrogen and oxygen atoms in total. The van der Waals surface area contributed by atoms with E-state index in [2.05, 4.69) is 12.1 Å². The number of carboxylic acids is 1. The molecule has 0 radical (unpaired) electrons. The van der Waals surface area contributed by atoms with Gasteiger partial charge in [-0.3, -0.25) is 0 Å². The molecule has 0 saturated carbocycles. The standard InChI is InChI=1S/C19H16N2O2/c1-12-3-4-13(2)16(7-12)11-21-17-6-5-14(10-20)8-15(17)9-18(21)19(22)23/h3-9H,11H2,1-2H3,(H,22,23). The smallest absolute Gasteiger partial charge is 0.352 e. The van der Waals surface area contributed by atoms with E-state index in [1.165, 1.54) is 0 Å². The van der Waals surface area contributed by atoms with Crippen molar-refractivity contribution in [1.29, 1.82) is 5.26 Å². The third kappa shape index (κ3) is 2.69. The van der Waals surface area contributed by atoms with Crippen LogP contribution in [0, 0.1) is 25.2 Å². The first-order valence-corrected chi connectivity index (χ1v) is 7.32. The molecule has 1 aromatic heterocycles. The van der Waals surface area contributed by atoms with Gasteiger partial charge in [-0.25, -0.2) is 4.79 Å². The summed E-state index contributed by atoms with van der Waals surface area (Å²) in [5.74, 6) is -0.968. The van der Waals surface area contributed by atoms with Crippen LogP contribution in [0.5, 0.6) is 0 Å². The van der Waals surface area contributed by atoms with E-state index in [-0.39, 0.29) is 5.69 Å². The molecule has 0 spiro atoms. The van der Waals surface area contributed by atoms with Gasteiger partial charge in [0.2, 0.25) is 0 Å². The summed E-state index contributed by atoms with van der Waals surface area (Å²) in [5.41, 5.74) is 4.94. The minimum atomic E-state index is -0.968. The Labute approximate surface area is 134 Å². The van der Waals surface area contributed by atoms with Gasteiger partial charge in [-0.1, -0.05) is 23.8 Å². The van der Waals surface area contributed by atoms with Gasteiger partial charge in [0, 0.05) is 17.4 Å². The molecule has 3 rings (SSSR count). The molecule has 0 aliphatic heterocycles. The second kappa shape index (κ2) is 5.62. The molecule has 0 unspecified atom stereocenters. The fourth-order valence-electron chi connectivity index (χ4n) is 2.83. The number of aromatic carboxylic acids is 1. The van der Waals surface area contributed by atoms with Crippen LogP contribution in [0.25, 0.3) is 10.9 Å². The second-order valence-electron chi connectivity index (χ2n) is 5.74. The molecule has 0 aliphatic carbocycles. The van der Waals surface area contributed by atoms with Gasteiger partial charge in [0.1, 0.15) is 5.69 Å². The lowest BCUT2D eigenvalue weighted by Gasteiger charge is -2.12. The first kappa shape index (κ1) is 14.9. The van der Waals surface area contributed by atoms with Crippen molar-refractivity contribution in [1.82, 2.24) is 4.57 Å². The largest absolute Gasteiger partial charge is 0.477 e. The number of carboxylic acid groups (broad SMARTS) is 1. The van der Waals surface area contributed by atoms with Crippen LogP contribution in [0.4, 0.5) is 0 Å². The fourth-order valence-corrected chi connectivity index (χ4v) is 2.83. The van der Waals surface area contributed by atoms with Crippen LogP contribution in [0.3, 0.4) is 0 Å². The van der Waals surface area contributed by atoms with Crippen LogP contribution in [-0.4, -0.2) is 15.6 Å². The topological polar surface area (TPSA) is 66.0 Å². The predicted octanol–water partition coefficient (Wildman–Crippen LogP) is 3.88. The van der Waals surface area contributed by atoms with Crippen LogP contribution < -0.4 is 0 Å². The molecule has 1 heterocycles. The van der Waals surface area contributed by atoms with E-state index in [9.17, 15) is 9.90 Å². The van der Waals surface area contributed by atoms with Gasteiger partial charge in [0.15, 0.2) is 0 Å². The molecule has 0 atom stereocenters. The molecular weight excluding hydrogens is 288 g/mol. The Balaban J connectivity index is 2.19. The number of aryl methyl sites for hydroxylation is 2. The van der Waals surface area contributed by atoms with Gasteiger partial charge < -0.3 is 9.67 Å². The lowest BCUT2D eigenvalue weighted by molar-refractivity contribution is 0.0686. The maximum absolute atomic E-state index is 11.6. The van der Waals surface area contributed by atoms with Crippen molar-refractivity contribution in [2.45, 2.75) is 20.4 Å². The van der Waals surface area contributed by atoms with Crippen molar-refractivity contribution in [3.8, 4) is 6.07 Å². The number of nitriles is 1. The summed E-state index contributed by atoms with van der Waals surface area (Å²) >= 11 is 0. The van der Waals surface area contributed by atoms with E-state index < -0.39 is 5.97 Å². The molecule has 0 bridgehead atoms. The number of aromatic nitrogens is 1. The van der Waals surface area contributed by atoms with Crippen LogP contribution in [0.1, 0.15) is 32.7 Å². The summed E-state index contributed by atoms with van der Waals surface area (Å²) in [6.07, 6.45) is 0. The van der Waals surface area contributed by atoms with E-state index in [1.807, 2.05) is 32.0 Å². The SMILES string of the molecule is Cc1ccc(C)c(Cn2c(C(=O)O)cc3cc(C#N)ccc32)c1. The molecule has 0 aliphatic rings. The third-order valence-corrected chi connectivity index (χ3v) is 4.08. The maximum Gasteiger partial charge on any atom is 0.352 e. The highest BCUT2D eigenvalue weighted by Crippen LogP contribution is 2.24. The lowest BCUT2D eigenvalue weighted by Crippen LogP contribution is -2.10.